The summed E-state index contributed by atoms with van der Waals surface area (Å²) in [7, 11) is 0. The third-order valence-electron chi connectivity index (χ3n) is 4.15. The average Bonchev–Trinajstić information content (AvgIpc) is 2.78. The van der Waals surface area contributed by atoms with Gasteiger partial charge in [-0.3, -0.25) is 25.0 Å². The van der Waals surface area contributed by atoms with Gasteiger partial charge >= 0.3 is 5.69 Å². The molecule has 1 N–H and O–H groups in total. The third-order valence-corrected chi connectivity index (χ3v) is 5.79. The summed E-state index contributed by atoms with van der Waals surface area (Å²) in [5, 5.41) is 26.0. The lowest BCUT2D eigenvalue weighted by Gasteiger charge is -2.10. The van der Waals surface area contributed by atoms with E-state index in [0.29, 0.717) is 20.3 Å². The number of nitro groups is 2. The van der Waals surface area contributed by atoms with E-state index in [4.69, 9.17) is 9.47 Å². The van der Waals surface area contributed by atoms with Gasteiger partial charge in [0.25, 0.3) is 11.6 Å². The van der Waals surface area contributed by atoms with E-state index in [9.17, 15) is 25.0 Å². The fourth-order valence-corrected chi connectivity index (χ4v) is 5.14. The molecular weight excluding hydrogens is 660 g/mol. The summed E-state index contributed by atoms with van der Waals surface area (Å²) in [5.74, 6) is 0.0188. The summed E-state index contributed by atoms with van der Waals surface area (Å²) in [6, 6.07) is 13.0. The van der Waals surface area contributed by atoms with Gasteiger partial charge in [0.15, 0.2) is 6.61 Å². The molecule has 180 valence electrons. The second-order valence-electron chi connectivity index (χ2n) is 6.62. The molecule has 0 unspecified atom stereocenters. The molecule has 0 aliphatic heterocycles. The molecule has 0 spiro atoms. The zero-order valence-electron chi connectivity index (χ0n) is 17.3. The average molecular weight is 673 g/mol. The molecule has 11 nitrogen and oxygen atoms in total. The first-order chi connectivity index (χ1) is 16.6. The molecule has 3 aromatic rings. The normalized spacial score (nSPS) is 10.7. The maximum Gasteiger partial charge on any atom is 0.318 e. The van der Waals surface area contributed by atoms with Crippen LogP contribution in [0.4, 0.5) is 11.4 Å². The zero-order valence-corrected chi connectivity index (χ0v) is 22.1. The molecule has 0 saturated heterocycles. The highest BCUT2D eigenvalue weighted by Crippen LogP contribution is 2.36. The predicted molar refractivity (Wildman–Crippen MR) is 137 cm³/mol. The highest BCUT2D eigenvalue weighted by molar-refractivity contribution is 9.11. The number of ether oxygens (including phenoxy) is 2. The molecule has 0 radical (unpaired) electrons. The van der Waals surface area contributed by atoms with Crippen LogP contribution in [0.25, 0.3) is 0 Å². The van der Waals surface area contributed by atoms with Gasteiger partial charge in [0.05, 0.1) is 31.1 Å². The molecule has 3 rings (SSSR count). The van der Waals surface area contributed by atoms with Crippen molar-refractivity contribution in [2.24, 2.45) is 5.10 Å². The van der Waals surface area contributed by atoms with E-state index in [0.717, 1.165) is 22.7 Å². The van der Waals surface area contributed by atoms with Crippen LogP contribution in [0, 0.1) is 20.2 Å². The number of nitrogens with one attached hydrogen (secondary N) is 1. The van der Waals surface area contributed by atoms with Crippen LogP contribution in [0.15, 0.2) is 73.1 Å². The van der Waals surface area contributed by atoms with E-state index < -0.39 is 27.1 Å². The van der Waals surface area contributed by atoms with Gasteiger partial charge in [-0.05, 0) is 67.8 Å². The smallest absolute Gasteiger partial charge is 0.318 e. The van der Waals surface area contributed by atoms with Crippen molar-refractivity contribution in [2.45, 2.75) is 0 Å². The molecule has 0 aromatic heterocycles. The fourth-order valence-electron chi connectivity index (χ4n) is 2.65. The highest BCUT2D eigenvalue weighted by atomic mass is 79.9. The summed E-state index contributed by atoms with van der Waals surface area (Å²) in [6.45, 7) is -0.289. The number of carbonyl (C=O) groups is 1. The zero-order chi connectivity index (χ0) is 25.5. The Bertz CT molecular complexity index is 1310. The first kappa shape index (κ1) is 26.2. The van der Waals surface area contributed by atoms with E-state index in [1.807, 2.05) is 0 Å². The number of amides is 1. The third kappa shape index (κ3) is 7.31. The van der Waals surface area contributed by atoms with Crippen LogP contribution in [0.5, 0.6) is 17.2 Å². The van der Waals surface area contributed by atoms with Gasteiger partial charge in [-0.15, -0.1) is 0 Å². The summed E-state index contributed by atoms with van der Waals surface area (Å²) in [6.07, 6.45) is 1.35. The van der Waals surface area contributed by atoms with Gasteiger partial charge in [0.2, 0.25) is 5.75 Å². The number of nitro benzene ring substituents is 2. The number of hydrogen-bond donors (Lipinski definition) is 1. The molecule has 0 atom stereocenters. The molecule has 1 amide bonds. The maximum absolute atomic E-state index is 12.1. The number of halogens is 3. The number of rotatable bonds is 9. The van der Waals surface area contributed by atoms with Crippen LogP contribution >= 0.6 is 47.8 Å². The monoisotopic (exact) mass is 670 g/mol. The summed E-state index contributed by atoms with van der Waals surface area (Å²) in [4.78, 5) is 32.7. The summed E-state index contributed by atoms with van der Waals surface area (Å²) < 4.78 is 13.2. The topological polar surface area (TPSA) is 146 Å². The Labute approximate surface area is 222 Å². The van der Waals surface area contributed by atoms with Gasteiger partial charge in [-0.25, -0.2) is 5.43 Å². The SMILES string of the molecule is O=C(COc1c(Br)cc(Br)cc1Br)N/N=C\c1cccc(Oc2ccc([N+](=O)[O-])cc2[N+](=O)[O-])c1. The van der Waals surface area contributed by atoms with Crippen LogP contribution in [0.2, 0.25) is 0 Å². The number of carbonyl (C=O) groups excluding carboxylic acids is 1. The molecular formula is C21H13Br3N4O7. The van der Waals surface area contributed by atoms with Crippen molar-refractivity contribution in [3.05, 3.63) is 93.8 Å². The quantitative estimate of drug-likeness (QED) is 0.164. The lowest BCUT2D eigenvalue weighted by atomic mass is 10.2. The van der Waals surface area contributed by atoms with Crippen LogP contribution in [-0.2, 0) is 4.79 Å². The van der Waals surface area contributed by atoms with Crippen molar-refractivity contribution >= 4 is 71.3 Å². The minimum Gasteiger partial charge on any atom is -0.481 e. The molecule has 0 heterocycles. The van der Waals surface area contributed by atoms with Crippen LogP contribution in [0.1, 0.15) is 5.56 Å². The number of non-ortho nitro benzene ring substituents is 1. The molecule has 0 saturated carbocycles. The molecule has 14 heteroatoms. The Morgan fingerprint density at radius 2 is 1.71 bits per heavy atom. The van der Waals surface area contributed by atoms with E-state index >= 15 is 0 Å². The van der Waals surface area contributed by atoms with E-state index in [-0.39, 0.29) is 18.1 Å². The molecule has 3 aromatic carbocycles. The molecule has 0 fully saturated rings. The van der Waals surface area contributed by atoms with Gasteiger partial charge in [-0.2, -0.15) is 5.10 Å². The van der Waals surface area contributed by atoms with Crippen molar-refractivity contribution < 1.29 is 24.1 Å². The number of hydrogen-bond acceptors (Lipinski definition) is 8. The van der Waals surface area contributed by atoms with Crippen LogP contribution in [-0.4, -0.2) is 28.6 Å². The first-order valence-electron chi connectivity index (χ1n) is 9.44. The van der Waals surface area contributed by atoms with Gasteiger partial charge < -0.3 is 9.47 Å². The largest absolute Gasteiger partial charge is 0.481 e. The van der Waals surface area contributed by atoms with E-state index in [2.05, 4.69) is 58.3 Å². The Morgan fingerprint density at radius 1 is 1.00 bits per heavy atom. The minimum absolute atomic E-state index is 0.162. The Balaban J connectivity index is 1.63. The molecule has 0 aliphatic rings. The fraction of sp³-hybridized carbons (Fsp3) is 0.0476. The van der Waals surface area contributed by atoms with E-state index in [1.54, 1.807) is 30.3 Å². The van der Waals surface area contributed by atoms with Crippen LogP contribution < -0.4 is 14.9 Å². The van der Waals surface area contributed by atoms with Crippen molar-refractivity contribution in [3.63, 3.8) is 0 Å². The first-order valence-corrected chi connectivity index (χ1v) is 11.8. The second kappa shape index (κ2) is 11.9. The molecule has 0 aliphatic carbocycles. The second-order valence-corrected chi connectivity index (χ2v) is 9.25. The lowest BCUT2D eigenvalue weighted by molar-refractivity contribution is -0.394. The number of nitrogens with zero attached hydrogens (tertiary/aromatic N) is 3. The summed E-state index contributed by atoms with van der Waals surface area (Å²) >= 11 is 10.1. The molecule has 35 heavy (non-hydrogen) atoms. The predicted octanol–water partition coefficient (Wildman–Crippen LogP) is 6.11. The Hall–Kier alpha value is -3.36. The minimum atomic E-state index is -0.767. The van der Waals surface area contributed by atoms with Crippen molar-refractivity contribution in [1.82, 2.24) is 5.43 Å². The van der Waals surface area contributed by atoms with Gasteiger partial charge in [0.1, 0.15) is 11.5 Å². The highest BCUT2D eigenvalue weighted by Gasteiger charge is 2.21. The number of benzene rings is 3. The molecule has 0 bridgehead atoms. The lowest BCUT2D eigenvalue weighted by Crippen LogP contribution is -2.24. The van der Waals surface area contributed by atoms with Gasteiger partial charge in [-0.1, -0.05) is 28.1 Å². The Kier molecular flexibility index (Phi) is 8.89. The summed E-state index contributed by atoms with van der Waals surface area (Å²) in [5.41, 5.74) is 1.88. The van der Waals surface area contributed by atoms with Gasteiger partial charge in [0, 0.05) is 10.5 Å². The number of hydrazone groups is 1. The maximum atomic E-state index is 12.1. The van der Waals surface area contributed by atoms with Crippen molar-refractivity contribution in [3.8, 4) is 17.2 Å². The van der Waals surface area contributed by atoms with Crippen LogP contribution in [0.3, 0.4) is 0 Å². The van der Waals surface area contributed by atoms with Crippen molar-refractivity contribution in [2.75, 3.05) is 6.61 Å². The van der Waals surface area contributed by atoms with E-state index in [1.165, 1.54) is 12.3 Å². The Morgan fingerprint density at radius 3 is 2.37 bits per heavy atom. The standard InChI is InChI=1S/C21H13Br3N4O7/c22-13-7-16(23)21(17(24)8-13)34-11-20(29)26-25-10-12-2-1-3-15(6-12)35-19-5-4-14(27(30)31)9-18(19)28(32)33/h1-10H,11H2,(H,26,29)/b25-10-. The van der Waals surface area contributed by atoms with Crippen molar-refractivity contribution in [1.29, 1.82) is 0 Å².